The van der Waals surface area contributed by atoms with E-state index in [1.165, 1.54) is 82.7 Å². The molecule has 300 valence electrons. The van der Waals surface area contributed by atoms with E-state index in [0.717, 1.165) is 22.6 Å². The molecule has 1 heteroatoms. The first-order chi connectivity index (χ1) is 31.8. The molecule has 0 saturated heterocycles. The lowest BCUT2D eigenvalue weighted by Gasteiger charge is -2.35. The minimum absolute atomic E-state index is 0.595. The lowest BCUT2D eigenvalue weighted by Crippen LogP contribution is -2.29. The molecular weight excluding hydrogens is 771 g/mol. The lowest BCUT2D eigenvalue weighted by molar-refractivity contribution is 0.776. The fourth-order valence-corrected chi connectivity index (χ4v) is 10.5. The van der Waals surface area contributed by atoms with Crippen molar-refractivity contribution in [2.24, 2.45) is 0 Å². The van der Waals surface area contributed by atoms with Gasteiger partial charge in [0.2, 0.25) is 0 Å². The summed E-state index contributed by atoms with van der Waals surface area (Å²) in [4.78, 5) is 2.42. The van der Waals surface area contributed by atoms with E-state index in [-0.39, 0.29) is 0 Å². The molecule has 0 saturated carbocycles. The first-order valence-electron chi connectivity index (χ1n) is 22.2. The molecule has 1 nitrogen and oxygen atoms in total. The average Bonchev–Trinajstić information content (AvgIpc) is 3.70. The smallest absolute Gasteiger partial charge is 0.0720 e. The topological polar surface area (TPSA) is 3.24 Å². The Morgan fingerprint density at radius 2 is 0.688 bits per heavy atom. The predicted octanol–water partition coefficient (Wildman–Crippen LogP) is 16.8. The predicted molar refractivity (Wildman–Crippen MR) is 270 cm³/mol. The Kier molecular flexibility index (Phi) is 9.13. The van der Waals surface area contributed by atoms with Crippen molar-refractivity contribution in [3.63, 3.8) is 0 Å². The van der Waals surface area contributed by atoms with Crippen molar-refractivity contribution in [3.05, 3.63) is 283 Å². The summed E-state index contributed by atoms with van der Waals surface area (Å²) < 4.78 is 0. The average molecular weight is 814 g/mol. The monoisotopic (exact) mass is 813 g/mol. The molecule has 0 atom stereocenters. The van der Waals surface area contributed by atoms with Gasteiger partial charge in [-0.15, -0.1) is 0 Å². The summed E-state index contributed by atoms with van der Waals surface area (Å²) in [5, 5.41) is 5.12. The molecule has 0 heterocycles. The molecule has 64 heavy (non-hydrogen) atoms. The summed E-state index contributed by atoms with van der Waals surface area (Å²) in [6.07, 6.45) is 0. The maximum absolute atomic E-state index is 2.51. The Morgan fingerprint density at radius 3 is 1.23 bits per heavy atom. The second kappa shape index (κ2) is 15.6. The molecule has 1 aliphatic rings. The molecule has 0 spiro atoms. The van der Waals surface area contributed by atoms with Gasteiger partial charge in [0.15, 0.2) is 0 Å². The summed E-state index contributed by atoms with van der Waals surface area (Å²) >= 11 is 0. The van der Waals surface area contributed by atoms with Crippen LogP contribution in [0.3, 0.4) is 0 Å². The van der Waals surface area contributed by atoms with Crippen molar-refractivity contribution >= 4 is 38.6 Å². The van der Waals surface area contributed by atoms with Gasteiger partial charge < -0.3 is 4.90 Å². The van der Waals surface area contributed by atoms with Gasteiger partial charge >= 0.3 is 0 Å². The number of benzene rings is 11. The molecule has 0 N–H and O–H groups in total. The number of fused-ring (bicyclic) bond motifs is 8. The second-order valence-electron chi connectivity index (χ2n) is 16.8. The van der Waals surface area contributed by atoms with Crippen LogP contribution in [0, 0.1) is 0 Å². The van der Waals surface area contributed by atoms with Crippen LogP contribution >= 0.6 is 0 Å². The number of anilines is 3. The third-order valence-electron chi connectivity index (χ3n) is 13.3. The van der Waals surface area contributed by atoms with Crippen molar-refractivity contribution < 1.29 is 0 Å². The first-order valence-corrected chi connectivity index (χ1v) is 22.2. The SMILES string of the molecule is c1ccc(-c2ccc(N(c3ccc(-c4ccccc4)cc3)c3ccccc3-c3ccc4c(c3)C(c3ccccc3)(c3ccccc3)c3c-4c4ccccc4c4ccccc34)cc2)cc1. The second-order valence-corrected chi connectivity index (χ2v) is 16.8. The number of hydrogen-bond acceptors (Lipinski definition) is 1. The molecule has 0 bridgehead atoms. The molecule has 0 aliphatic heterocycles. The summed E-state index contributed by atoms with van der Waals surface area (Å²) in [5.74, 6) is 0. The Balaban J connectivity index is 1.10. The first kappa shape index (κ1) is 37.5. The van der Waals surface area contributed by atoms with E-state index in [1.54, 1.807) is 0 Å². The van der Waals surface area contributed by atoms with E-state index in [9.17, 15) is 0 Å². The van der Waals surface area contributed by atoms with Crippen molar-refractivity contribution in [1.29, 1.82) is 0 Å². The highest BCUT2D eigenvalue weighted by Gasteiger charge is 2.48. The van der Waals surface area contributed by atoms with Gasteiger partial charge in [0.1, 0.15) is 0 Å². The largest absolute Gasteiger partial charge is 0.310 e. The zero-order valence-corrected chi connectivity index (χ0v) is 35.3. The maximum Gasteiger partial charge on any atom is 0.0720 e. The van der Waals surface area contributed by atoms with Crippen LogP contribution < -0.4 is 4.90 Å². The molecule has 11 aromatic rings. The summed E-state index contributed by atoms with van der Waals surface area (Å²) in [6.45, 7) is 0. The Labute approximate surface area is 374 Å². The van der Waals surface area contributed by atoms with Crippen molar-refractivity contribution in [3.8, 4) is 44.5 Å². The third-order valence-corrected chi connectivity index (χ3v) is 13.3. The molecule has 0 fully saturated rings. The zero-order valence-electron chi connectivity index (χ0n) is 35.3. The molecule has 12 rings (SSSR count). The van der Waals surface area contributed by atoms with Gasteiger partial charge in [-0.1, -0.05) is 224 Å². The minimum Gasteiger partial charge on any atom is -0.310 e. The molecule has 0 radical (unpaired) electrons. The van der Waals surface area contributed by atoms with E-state index in [2.05, 4.69) is 266 Å². The van der Waals surface area contributed by atoms with Gasteiger partial charge in [0.25, 0.3) is 0 Å². The van der Waals surface area contributed by atoms with E-state index in [1.807, 2.05) is 0 Å². The van der Waals surface area contributed by atoms with Crippen LogP contribution in [0.5, 0.6) is 0 Å². The number of rotatable bonds is 8. The van der Waals surface area contributed by atoms with Crippen LogP contribution in [0.15, 0.2) is 261 Å². The summed E-state index contributed by atoms with van der Waals surface area (Å²) in [6, 6.07) is 95.8. The van der Waals surface area contributed by atoms with Crippen LogP contribution in [-0.4, -0.2) is 0 Å². The number of hydrogen-bond donors (Lipinski definition) is 0. The quantitative estimate of drug-likeness (QED) is 0.138. The van der Waals surface area contributed by atoms with Crippen molar-refractivity contribution in [2.45, 2.75) is 5.41 Å². The van der Waals surface area contributed by atoms with Gasteiger partial charge in [-0.25, -0.2) is 0 Å². The molecule has 0 unspecified atom stereocenters. The maximum atomic E-state index is 2.51. The van der Waals surface area contributed by atoms with Crippen LogP contribution in [-0.2, 0) is 5.41 Å². The number of nitrogens with zero attached hydrogens (tertiary/aromatic N) is 1. The van der Waals surface area contributed by atoms with Gasteiger partial charge in [-0.3, -0.25) is 0 Å². The summed E-state index contributed by atoms with van der Waals surface area (Å²) in [5.41, 5.74) is 17.5. The Bertz CT molecular complexity index is 3330. The van der Waals surface area contributed by atoms with E-state index < -0.39 is 5.41 Å². The highest BCUT2D eigenvalue weighted by Crippen LogP contribution is 2.61. The number of para-hydroxylation sites is 1. The van der Waals surface area contributed by atoms with Crippen LogP contribution in [0.2, 0.25) is 0 Å². The van der Waals surface area contributed by atoms with Crippen molar-refractivity contribution in [1.82, 2.24) is 0 Å². The lowest BCUT2D eigenvalue weighted by atomic mass is 9.66. The third kappa shape index (κ3) is 6.01. The van der Waals surface area contributed by atoms with E-state index in [0.29, 0.717) is 0 Å². The van der Waals surface area contributed by atoms with E-state index in [4.69, 9.17) is 0 Å². The molecule has 0 amide bonds. The highest BCUT2D eigenvalue weighted by molar-refractivity contribution is 6.19. The molecular formula is C63H43N. The molecule has 11 aromatic carbocycles. The van der Waals surface area contributed by atoms with Gasteiger partial charge in [0.05, 0.1) is 11.1 Å². The Morgan fingerprint density at radius 1 is 0.281 bits per heavy atom. The van der Waals surface area contributed by atoms with E-state index >= 15 is 0 Å². The fraction of sp³-hybridized carbons (Fsp3) is 0.0159. The molecule has 1 aliphatic carbocycles. The van der Waals surface area contributed by atoms with Gasteiger partial charge in [-0.05, 0) is 119 Å². The van der Waals surface area contributed by atoms with Crippen LogP contribution in [0.25, 0.3) is 66.1 Å². The Hall–Kier alpha value is -8.26. The van der Waals surface area contributed by atoms with Crippen LogP contribution in [0.1, 0.15) is 22.3 Å². The van der Waals surface area contributed by atoms with Gasteiger partial charge in [0, 0.05) is 16.9 Å². The standard InChI is InChI=1S/C63H43N/c1-5-19-44(20-6-1)46-33-38-51(39-34-46)64(52-40-35-47(36-41-52)45-21-7-2-8-22-45)60-32-18-17-27-53(60)48-37-42-58-59(43-48)63(49-23-9-3-10-24-49,50-25-11-4-12-26-50)62-57-31-16-14-29-55(57)54-28-13-15-30-56(54)61(58)62/h1-43H. The molecule has 0 aromatic heterocycles. The summed E-state index contributed by atoms with van der Waals surface area (Å²) in [7, 11) is 0. The van der Waals surface area contributed by atoms with Crippen LogP contribution in [0.4, 0.5) is 17.1 Å². The highest BCUT2D eigenvalue weighted by atomic mass is 15.1. The van der Waals surface area contributed by atoms with Crippen molar-refractivity contribution in [2.75, 3.05) is 4.90 Å². The fourth-order valence-electron chi connectivity index (χ4n) is 10.5. The zero-order chi connectivity index (χ0) is 42.5. The van der Waals surface area contributed by atoms with Gasteiger partial charge in [-0.2, -0.15) is 0 Å². The normalized spacial score (nSPS) is 12.5. The minimum atomic E-state index is -0.595.